The lowest BCUT2D eigenvalue weighted by Gasteiger charge is -2.35. The number of nitrogens with one attached hydrogen (secondary N) is 1. The lowest BCUT2D eigenvalue weighted by molar-refractivity contribution is 0.199. The molecule has 1 unspecified atom stereocenters. The van der Waals surface area contributed by atoms with Crippen LogP contribution in [0, 0.1) is 15.2 Å². The van der Waals surface area contributed by atoms with E-state index < -0.39 is 45.0 Å². The molecule has 0 saturated heterocycles. The Hall–Kier alpha value is -1.50. The van der Waals surface area contributed by atoms with Crippen molar-refractivity contribution in [2.75, 3.05) is 12.8 Å². The van der Waals surface area contributed by atoms with Crippen molar-refractivity contribution in [3.63, 3.8) is 0 Å². The molecule has 1 aliphatic rings. The molecule has 0 spiro atoms. The fourth-order valence-corrected chi connectivity index (χ4v) is 4.27. The van der Waals surface area contributed by atoms with Crippen LogP contribution in [0.3, 0.4) is 0 Å². The Morgan fingerprint density at radius 3 is 2.65 bits per heavy atom. The minimum Gasteiger partial charge on any atom is -0.465 e. The van der Waals surface area contributed by atoms with E-state index in [2.05, 4.69) is 4.99 Å². The third-order valence-corrected chi connectivity index (χ3v) is 5.88. The topological polar surface area (TPSA) is 99.1 Å². The van der Waals surface area contributed by atoms with E-state index in [0.717, 1.165) is 13.1 Å². The van der Waals surface area contributed by atoms with Crippen molar-refractivity contribution in [2.45, 2.75) is 12.5 Å². The molecule has 126 valence electrons. The molecule has 1 amide bonds. The van der Waals surface area contributed by atoms with Gasteiger partial charge in [-0.3, -0.25) is 5.32 Å². The van der Waals surface area contributed by atoms with Crippen LogP contribution in [0.1, 0.15) is 12.5 Å². The van der Waals surface area contributed by atoms with Crippen molar-refractivity contribution in [3.05, 3.63) is 32.9 Å². The highest BCUT2D eigenvalue weighted by Crippen LogP contribution is 2.35. The fourth-order valence-electron chi connectivity index (χ4n) is 2.21. The first-order valence-corrected chi connectivity index (χ1v) is 8.86. The van der Waals surface area contributed by atoms with Crippen molar-refractivity contribution < 1.29 is 27.1 Å². The van der Waals surface area contributed by atoms with Crippen LogP contribution in [0.25, 0.3) is 0 Å². The molecule has 0 aliphatic carbocycles. The van der Waals surface area contributed by atoms with E-state index in [4.69, 9.17) is 5.11 Å². The van der Waals surface area contributed by atoms with Gasteiger partial charge in [0.25, 0.3) is 0 Å². The molecule has 0 fully saturated rings. The van der Waals surface area contributed by atoms with Crippen LogP contribution in [0.4, 0.5) is 13.6 Å². The zero-order chi connectivity index (χ0) is 17.6. The number of hydrogen-bond donors (Lipinski definition) is 2. The number of carboxylic acid groups (broad SMARTS) is 1. The average molecular weight is 459 g/mol. The highest BCUT2D eigenvalue weighted by atomic mass is 127. The monoisotopic (exact) mass is 459 g/mol. The van der Waals surface area contributed by atoms with Gasteiger partial charge in [-0.2, -0.15) is 0 Å². The summed E-state index contributed by atoms with van der Waals surface area (Å²) in [7, 11) is -2.85. The Balaban J connectivity index is 2.69. The van der Waals surface area contributed by atoms with E-state index in [1.165, 1.54) is 13.0 Å². The summed E-state index contributed by atoms with van der Waals surface area (Å²) in [4.78, 5) is 14.8. The van der Waals surface area contributed by atoms with Crippen molar-refractivity contribution >= 4 is 44.7 Å². The number of halogens is 3. The fraction of sp³-hybridized carbons (Fsp3) is 0.333. The Morgan fingerprint density at radius 2 is 2.09 bits per heavy atom. The number of benzene rings is 1. The summed E-state index contributed by atoms with van der Waals surface area (Å²) in [5.41, 5.74) is -1.93. The molecule has 0 bridgehead atoms. The first-order chi connectivity index (χ1) is 10.5. The van der Waals surface area contributed by atoms with E-state index in [9.17, 15) is 22.0 Å². The van der Waals surface area contributed by atoms with E-state index in [1.54, 1.807) is 22.6 Å². The summed E-state index contributed by atoms with van der Waals surface area (Å²) in [5, 5.41) is 10.6. The molecular weight excluding hydrogens is 447 g/mol. The second-order valence-corrected chi connectivity index (χ2v) is 8.36. The predicted molar refractivity (Wildman–Crippen MR) is 86.6 cm³/mol. The number of aliphatic imine (C=N–C) groups is 1. The third kappa shape index (κ3) is 3.39. The summed E-state index contributed by atoms with van der Waals surface area (Å²) in [6, 6.07) is 2.24. The Labute approximate surface area is 144 Å². The van der Waals surface area contributed by atoms with Crippen molar-refractivity contribution in [1.82, 2.24) is 9.62 Å². The van der Waals surface area contributed by atoms with E-state index in [1.807, 2.05) is 5.32 Å². The van der Waals surface area contributed by atoms with E-state index in [-0.39, 0.29) is 5.56 Å². The molecule has 23 heavy (non-hydrogen) atoms. The first kappa shape index (κ1) is 17.8. The number of nitrogens with zero attached hydrogens (tertiary/aromatic N) is 2. The Morgan fingerprint density at radius 1 is 1.48 bits per heavy atom. The van der Waals surface area contributed by atoms with Gasteiger partial charge in [-0.25, -0.2) is 31.3 Å². The maximum atomic E-state index is 14.2. The second-order valence-electron chi connectivity index (χ2n) is 5.11. The Bertz CT molecular complexity index is 815. The molecule has 0 aromatic heterocycles. The number of rotatable bonds is 1. The number of amides is 1. The van der Waals surface area contributed by atoms with Gasteiger partial charge in [0.15, 0.2) is 11.6 Å². The van der Waals surface area contributed by atoms with Crippen LogP contribution in [-0.2, 0) is 15.6 Å². The largest absolute Gasteiger partial charge is 0.465 e. The molecule has 2 N–H and O–H groups in total. The minimum absolute atomic E-state index is 0.261. The molecule has 0 saturated carbocycles. The normalized spacial score (nSPS) is 23.3. The van der Waals surface area contributed by atoms with Gasteiger partial charge in [0.1, 0.15) is 5.54 Å². The number of sulfonamides is 1. The van der Waals surface area contributed by atoms with Crippen molar-refractivity contribution in [3.8, 4) is 0 Å². The molecule has 7 nitrogen and oxygen atoms in total. The maximum Gasteiger partial charge on any atom is 0.411 e. The summed E-state index contributed by atoms with van der Waals surface area (Å²) in [5.74, 6) is -3.46. The molecule has 1 aromatic carbocycles. The summed E-state index contributed by atoms with van der Waals surface area (Å²) < 4.78 is 53.3. The van der Waals surface area contributed by atoms with E-state index >= 15 is 0 Å². The van der Waals surface area contributed by atoms with Crippen LogP contribution >= 0.6 is 22.6 Å². The summed E-state index contributed by atoms with van der Waals surface area (Å²) in [6.07, 6.45) is -1.52. The third-order valence-electron chi connectivity index (χ3n) is 3.32. The van der Waals surface area contributed by atoms with Gasteiger partial charge in [-0.05, 0) is 41.6 Å². The van der Waals surface area contributed by atoms with Crippen molar-refractivity contribution in [2.24, 2.45) is 4.99 Å². The molecular formula is C12H12F2IN3O4S. The SMILES string of the molecule is CN1C(NC(=O)O)=NC(C)(c2cc(I)cc(F)c2F)CS1(=O)=O. The summed E-state index contributed by atoms with van der Waals surface area (Å²) >= 11 is 1.76. The van der Waals surface area contributed by atoms with Crippen molar-refractivity contribution in [1.29, 1.82) is 0 Å². The first-order valence-electron chi connectivity index (χ1n) is 6.18. The molecule has 1 aliphatic heterocycles. The van der Waals surface area contributed by atoms with Gasteiger partial charge < -0.3 is 5.11 Å². The Kier molecular flexibility index (Phi) is 4.54. The van der Waals surface area contributed by atoms with Gasteiger partial charge in [0.05, 0.1) is 5.75 Å². The molecule has 11 heteroatoms. The van der Waals surface area contributed by atoms with Gasteiger partial charge in [-0.15, -0.1) is 0 Å². The highest BCUT2D eigenvalue weighted by molar-refractivity contribution is 14.1. The molecule has 1 aromatic rings. The van der Waals surface area contributed by atoms with Crippen LogP contribution in [0.15, 0.2) is 17.1 Å². The molecule has 1 heterocycles. The van der Waals surface area contributed by atoms with Gasteiger partial charge in [0, 0.05) is 16.2 Å². The summed E-state index contributed by atoms with van der Waals surface area (Å²) in [6.45, 7) is 1.30. The smallest absolute Gasteiger partial charge is 0.411 e. The second kappa shape index (κ2) is 5.85. The predicted octanol–water partition coefficient (Wildman–Crippen LogP) is 1.68. The quantitative estimate of drug-likeness (QED) is 0.494. The van der Waals surface area contributed by atoms with E-state index in [0.29, 0.717) is 7.88 Å². The van der Waals surface area contributed by atoms with Crippen LogP contribution in [0.2, 0.25) is 0 Å². The van der Waals surface area contributed by atoms with Gasteiger partial charge in [-0.1, -0.05) is 0 Å². The number of guanidine groups is 1. The zero-order valence-corrected chi connectivity index (χ0v) is 14.9. The van der Waals surface area contributed by atoms with Gasteiger partial charge >= 0.3 is 6.09 Å². The lowest BCUT2D eigenvalue weighted by atomic mass is 9.94. The van der Waals surface area contributed by atoms with Crippen LogP contribution in [-0.4, -0.2) is 42.7 Å². The number of hydrogen-bond acceptors (Lipinski definition) is 4. The maximum absolute atomic E-state index is 14.2. The lowest BCUT2D eigenvalue weighted by Crippen LogP contribution is -2.53. The standard InChI is InChI=1S/C12H12F2IN3O4S/c1-12(7-3-6(15)4-8(13)9(7)14)5-23(21,22)18(2)10(17-12)16-11(19)20/h3-4H,5H2,1-2H3,(H,16,17)(H,19,20). The molecule has 0 radical (unpaired) electrons. The number of carbonyl (C=O) groups is 1. The molecule has 1 atom stereocenters. The molecule has 2 rings (SSSR count). The van der Waals surface area contributed by atoms with Gasteiger partial charge in [0.2, 0.25) is 16.0 Å². The highest BCUT2D eigenvalue weighted by Gasteiger charge is 2.43. The average Bonchev–Trinajstić information content (AvgIpc) is 2.38. The zero-order valence-electron chi connectivity index (χ0n) is 12.0. The van der Waals surface area contributed by atoms with Crippen LogP contribution < -0.4 is 5.32 Å². The van der Waals surface area contributed by atoms with Crippen LogP contribution in [0.5, 0.6) is 0 Å². The minimum atomic E-state index is -3.97.